The van der Waals surface area contributed by atoms with Crippen molar-refractivity contribution in [3.05, 3.63) is 66.4 Å². The summed E-state index contributed by atoms with van der Waals surface area (Å²) in [6.45, 7) is 6.02. The van der Waals surface area contributed by atoms with Crippen molar-refractivity contribution in [2.24, 2.45) is 0 Å². The lowest BCUT2D eigenvalue weighted by molar-refractivity contribution is -0.130. The number of rotatable bonds is 7. The van der Waals surface area contributed by atoms with Crippen molar-refractivity contribution >= 4 is 24.3 Å². The molecule has 0 fully saturated rings. The Labute approximate surface area is 175 Å². The first-order valence-electron chi connectivity index (χ1n) is 9.55. The topological polar surface area (TPSA) is 105 Å². The number of ether oxygens (including phenoxy) is 1. The molecule has 0 saturated carbocycles. The highest BCUT2D eigenvalue weighted by molar-refractivity contribution is 5.96. The highest BCUT2D eigenvalue weighted by Gasteiger charge is 2.22. The van der Waals surface area contributed by atoms with Gasteiger partial charge in [-0.15, -0.1) is 0 Å². The van der Waals surface area contributed by atoms with E-state index in [1.54, 1.807) is 41.3 Å². The molecule has 1 aliphatic rings. The van der Waals surface area contributed by atoms with Gasteiger partial charge in [-0.25, -0.2) is 4.79 Å². The number of amides is 4. The third-order valence-electron chi connectivity index (χ3n) is 4.48. The Hall–Kier alpha value is -3.68. The fourth-order valence-corrected chi connectivity index (χ4v) is 2.86. The number of hydrogen-bond acceptors (Lipinski definition) is 5. The molecule has 158 valence electrons. The maximum Gasteiger partial charge on any atom is 0.417 e. The molecule has 1 atom stereocenters. The normalized spacial score (nSPS) is 18.0. The summed E-state index contributed by atoms with van der Waals surface area (Å²) < 4.78 is 5.21. The van der Waals surface area contributed by atoms with Gasteiger partial charge in [0.15, 0.2) is 0 Å². The lowest BCUT2D eigenvalue weighted by Crippen LogP contribution is -2.40. The Balaban J connectivity index is 2.00. The molecule has 1 unspecified atom stereocenters. The molecule has 1 aliphatic heterocycles. The largest absolute Gasteiger partial charge is 0.417 e. The van der Waals surface area contributed by atoms with Gasteiger partial charge in [-0.05, 0) is 44.1 Å². The summed E-state index contributed by atoms with van der Waals surface area (Å²) in [4.78, 5) is 48.3. The molecule has 0 aliphatic carbocycles. The summed E-state index contributed by atoms with van der Waals surface area (Å²) in [6, 6.07) is 8.44. The first-order valence-corrected chi connectivity index (χ1v) is 9.55. The molecule has 1 aromatic rings. The van der Waals surface area contributed by atoms with Gasteiger partial charge in [-0.2, -0.15) is 0 Å². The fourth-order valence-electron chi connectivity index (χ4n) is 2.86. The minimum atomic E-state index is -0.639. The van der Waals surface area contributed by atoms with E-state index in [1.807, 2.05) is 13.0 Å². The van der Waals surface area contributed by atoms with Crippen LogP contribution in [0.25, 0.3) is 0 Å². The van der Waals surface area contributed by atoms with E-state index in [9.17, 15) is 19.2 Å². The van der Waals surface area contributed by atoms with Gasteiger partial charge in [0, 0.05) is 30.3 Å². The number of nitrogens with one attached hydrogen (secondary N) is 2. The molecule has 0 spiro atoms. The molecule has 2 rings (SSSR count). The third-order valence-corrected chi connectivity index (χ3v) is 4.48. The molecule has 1 aromatic carbocycles. The number of carbonyl (C=O) groups excluding carboxylic acids is 4. The van der Waals surface area contributed by atoms with Crippen LogP contribution in [0.3, 0.4) is 0 Å². The van der Waals surface area contributed by atoms with E-state index >= 15 is 0 Å². The number of hydrogen-bond donors (Lipinski definition) is 2. The average Bonchev–Trinajstić information content (AvgIpc) is 2.79. The van der Waals surface area contributed by atoms with Gasteiger partial charge in [-0.3, -0.25) is 25.0 Å². The van der Waals surface area contributed by atoms with Crippen LogP contribution in [0.15, 0.2) is 66.4 Å². The van der Waals surface area contributed by atoms with Crippen molar-refractivity contribution in [3.8, 4) is 5.75 Å². The van der Waals surface area contributed by atoms with Crippen LogP contribution in [0.5, 0.6) is 5.75 Å². The van der Waals surface area contributed by atoms with E-state index < -0.39 is 12.0 Å². The maximum atomic E-state index is 12.7. The number of para-hydroxylation sites is 1. The molecule has 0 bridgehead atoms. The van der Waals surface area contributed by atoms with Crippen LogP contribution in [0.2, 0.25) is 0 Å². The van der Waals surface area contributed by atoms with Crippen LogP contribution in [0, 0.1) is 0 Å². The molecular weight excluding hydrogens is 386 g/mol. The van der Waals surface area contributed by atoms with Crippen molar-refractivity contribution in [2.75, 3.05) is 6.54 Å². The van der Waals surface area contributed by atoms with Crippen molar-refractivity contribution in [1.29, 1.82) is 0 Å². The van der Waals surface area contributed by atoms with Gasteiger partial charge in [0.05, 0.1) is 0 Å². The molecule has 30 heavy (non-hydrogen) atoms. The van der Waals surface area contributed by atoms with E-state index in [1.165, 1.54) is 6.08 Å². The number of nitrogens with zero attached hydrogens (tertiary/aromatic N) is 1. The van der Waals surface area contributed by atoms with Gasteiger partial charge >= 0.3 is 6.09 Å². The predicted octanol–water partition coefficient (Wildman–Crippen LogP) is 2.44. The molecule has 0 aromatic heterocycles. The number of benzene rings is 1. The van der Waals surface area contributed by atoms with E-state index in [-0.39, 0.29) is 23.9 Å². The summed E-state index contributed by atoms with van der Waals surface area (Å²) >= 11 is 0. The van der Waals surface area contributed by atoms with E-state index in [0.29, 0.717) is 37.2 Å². The zero-order valence-corrected chi connectivity index (χ0v) is 16.8. The van der Waals surface area contributed by atoms with Crippen LogP contribution >= 0.6 is 0 Å². The number of imide groups is 1. The second kappa shape index (κ2) is 11.4. The Morgan fingerprint density at radius 2 is 2.00 bits per heavy atom. The van der Waals surface area contributed by atoms with Gasteiger partial charge in [0.25, 0.3) is 5.91 Å². The molecule has 8 heteroatoms. The Morgan fingerprint density at radius 1 is 1.27 bits per heavy atom. The molecule has 1 heterocycles. The van der Waals surface area contributed by atoms with Gasteiger partial charge in [-0.1, -0.05) is 30.9 Å². The van der Waals surface area contributed by atoms with Crippen LogP contribution in [-0.2, 0) is 14.4 Å². The van der Waals surface area contributed by atoms with Crippen molar-refractivity contribution in [3.63, 3.8) is 0 Å². The van der Waals surface area contributed by atoms with Crippen molar-refractivity contribution in [1.82, 2.24) is 15.5 Å². The summed E-state index contributed by atoms with van der Waals surface area (Å²) in [5.41, 5.74) is 0.745. The molecule has 2 N–H and O–H groups in total. The fraction of sp³-hybridized carbons (Fsp3) is 0.273. The van der Waals surface area contributed by atoms with E-state index in [0.717, 1.165) is 0 Å². The Morgan fingerprint density at radius 3 is 2.70 bits per heavy atom. The lowest BCUT2D eigenvalue weighted by atomic mass is 10.1. The highest BCUT2D eigenvalue weighted by Crippen LogP contribution is 2.15. The Kier molecular flexibility index (Phi) is 8.56. The second-order valence-electron chi connectivity index (χ2n) is 6.71. The Bertz CT molecular complexity index is 861. The maximum absolute atomic E-state index is 12.7. The monoisotopic (exact) mass is 411 g/mol. The summed E-state index contributed by atoms with van der Waals surface area (Å²) in [7, 11) is 0. The summed E-state index contributed by atoms with van der Waals surface area (Å²) in [5, 5.41) is 4.74. The SMILES string of the molecule is C=C1/C=C\C(NC(=O)Oc2ccccc2)=C/CCN(C(C)CCC(=O)NC=O)C1=O. The van der Waals surface area contributed by atoms with Crippen LogP contribution in [-0.4, -0.2) is 41.8 Å². The predicted molar refractivity (Wildman–Crippen MR) is 111 cm³/mol. The molecule has 4 amide bonds. The molecule has 8 nitrogen and oxygen atoms in total. The summed E-state index contributed by atoms with van der Waals surface area (Å²) in [6.07, 6.45) is 5.62. The quantitative estimate of drug-likeness (QED) is 0.530. The highest BCUT2D eigenvalue weighted by atomic mass is 16.6. The van der Waals surface area contributed by atoms with Gasteiger partial charge < -0.3 is 9.64 Å². The minimum Gasteiger partial charge on any atom is -0.410 e. The van der Waals surface area contributed by atoms with Gasteiger partial charge in [0.1, 0.15) is 5.75 Å². The van der Waals surface area contributed by atoms with E-state index in [2.05, 4.69) is 17.2 Å². The number of carbonyl (C=O) groups is 4. The smallest absolute Gasteiger partial charge is 0.410 e. The van der Waals surface area contributed by atoms with Gasteiger partial charge in [0.2, 0.25) is 12.3 Å². The van der Waals surface area contributed by atoms with Crippen LogP contribution < -0.4 is 15.4 Å². The minimum absolute atomic E-state index is 0.125. The molecule has 0 saturated heterocycles. The standard InChI is InChI=1S/C22H25N3O5/c1-16-10-12-18(24-22(29)30-19-8-4-3-5-9-19)7-6-14-25(21(16)28)17(2)11-13-20(27)23-15-26/h3-5,7-10,12,15,17H,1,6,11,13-14H2,2H3,(H,24,29)(H,23,26,27)/b12-10-,18-7+. The average molecular weight is 411 g/mol. The molecular formula is C22H25N3O5. The van der Waals surface area contributed by atoms with Crippen molar-refractivity contribution < 1.29 is 23.9 Å². The zero-order valence-electron chi connectivity index (χ0n) is 16.8. The zero-order chi connectivity index (χ0) is 21.9. The van der Waals surface area contributed by atoms with Crippen LogP contribution in [0.4, 0.5) is 4.79 Å². The molecule has 0 radical (unpaired) electrons. The number of allylic oxidation sites excluding steroid dienone is 1. The second-order valence-corrected chi connectivity index (χ2v) is 6.71. The van der Waals surface area contributed by atoms with E-state index in [4.69, 9.17) is 4.74 Å². The first kappa shape index (κ1) is 22.6. The first-order chi connectivity index (χ1) is 14.4. The lowest BCUT2D eigenvalue weighted by Gasteiger charge is -2.29. The summed E-state index contributed by atoms with van der Waals surface area (Å²) in [5.74, 6) is -0.229. The van der Waals surface area contributed by atoms with Crippen LogP contribution in [0.1, 0.15) is 26.2 Å². The third kappa shape index (κ3) is 7.05. The van der Waals surface area contributed by atoms with Crippen molar-refractivity contribution in [2.45, 2.75) is 32.2 Å².